The molecule has 0 unspecified atom stereocenters. The molecule has 1 N–H and O–H groups in total. The van der Waals surface area contributed by atoms with Crippen LogP contribution in [0.2, 0.25) is 0 Å². The summed E-state index contributed by atoms with van der Waals surface area (Å²) in [5, 5.41) is 12.1. The number of rotatable bonds is 8. The number of hydrogen-bond acceptors (Lipinski definition) is 6. The SMILES string of the molecule is CCCc1nnc(NC(=O)/C=C/c2ccc(OC(C)C)c(OC)c2)s1. The fraction of sp³-hybridized carbons (Fsp3) is 0.389. The molecule has 1 aromatic heterocycles. The Morgan fingerprint density at radius 2 is 2.12 bits per heavy atom. The fourth-order valence-corrected chi connectivity index (χ4v) is 2.92. The number of aryl methyl sites for hydroxylation is 1. The Kier molecular flexibility index (Phi) is 6.94. The zero-order chi connectivity index (χ0) is 18.2. The minimum Gasteiger partial charge on any atom is -0.493 e. The first-order chi connectivity index (χ1) is 12.0. The van der Waals surface area contributed by atoms with Gasteiger partial charge in [0.2, 0.25) is 11.0 Å². The molecule has 1 amide bonds. The van der Waals surface area contributed by atoms with E-state index in [1.54, 1.807) is 13.2 Å². The monoisotopic (exact) mass is 361 g/mol. The second kappa shape index (κ2) is 9.17. The van der Waals surface area contributed by atoms with Crippen LogP contribution >= 0.6 is 11.3 Å². The molecule has 0 saturated carbocycles. The van der Waals surface area contributed by atoms with Gasteiger partial charge in [0.15, 0.2) is 11.5 Å². The molecule has 1 aromatic carbocycles. The second-order valence-corrected chi connectivity index (χ2v) is 6.71. The Morgan fingerprint density at radius 1 is 1.32 bits per heavy atom. The number of amides is 1. The number of carbonyl (C=O) groups excluding carboxylic acids is 1. The highest BCUT2D eigenvalue weighted by Gasteiger charge is 2.08. The lowest BCUT2D eigenvalue weighted by atomic mass is 10.2. The largest absolute Gasteiger partial charge is 0.493 e. The number of hydrogen-bond donors (Lipinski definition) is 1. The summed E-state index contributed by atoms with van der Waals surface area (Å²) in [5.41, 5.74) is 0.840. The van der Waals surface area contributed by atoms with Crippen molar-refractivity contribution in [3.05, 3.63) is 34.8 Å². The first-order valence-electron chi connectivity index (χ1n) is 8.18. The van der Waals surface area contributed by atoms with Crippen LogP contribution in [0.15, 0.2) is 24.3 Å². The molecule has 6 nitrogen and oxygen atoms in total. The molecule has 0 aliphatic rings. The van der Waals surface area contributed by atoms with Crippen LogP contribution in [0.25, 0.3) is 6.08 Å². The number of nitrogens with one attached hydrogen (secondary N) is 1. The third kappa shape index (κ3) is 5.86. The minimum atomic E-state index is -0.249. The van der Waals surface area contributed by atoms with Gasteiger partial charge in [-0.15, -0.1) is 10.2 Å². The number of ether oxygens (including phenoxy) is 2. The summed E-state index contributed by atoms with van der Waals surface area (Å²) in [6.45, 7) is 5.99. The van der Waals surface area contributed by atoms with Crippen molar-refractivity contribution in [2.75, 3.05) is 12.4 Å². The molecule has 0 fully saturated rings. The minimum absolute atomic E-state index is 0.0607. The maximum atomic E-state index is 12.0. The smallest absolute Gasteiger partial charge is 0.250 e. The van der Waals surface area contributed by atoms with Crippen LogP contribution in [0.1, 0.15) is 37.8 Å². The first-order valence-corrected chi connectivity index (χ1v) is 8.99. The van der Waals surface area contributed by atoms with Crippen LogP contribution in [0.3, 0.4) is 0 Å². The van der Waals surface area contributed by atoms with Crippen molar-refractivity contribution in [3.63, 3.8) is 0 Å². The Morgan fingerprint density at radius 3 is 2.80 bits per heavy atom. The lowest BCUT2D eigenvalue weighted by Gasteiger charge is -2.13. The highest BCUT2D eigenvalue weighted by Crippen LogP contribution is 2.29. The summed E-state index contributed by atoms with van der Waals surface area (Å²) in [7, 11) is 1.59. The Labute approximate surface area is 151 Å². The topological polar surface area (TPSA) is 73.3 Å². The fourth-order valence-electron chi connectivity index (χ4n) is 2.08. The maximum absolute atomic E-state index is 12.0. The van der Waals surface area contributed by atoms with E-state index in [0.717, 1.165) is 23.4 Å². The molecule has 2 rings (SSSR count). The van der Waals surface area contributed by atoms with Crippen LogP contribution in [0, 0.1) is 0 Å². The highest BCUT2D eigenvalue weighted by atomic mass is 32.1. The third-order valence-corrected chi connectivity index (χ3v) is 4.04. The lowest BCUT2D eigenvalue weighted by molar-refractivity contribution is -0.111. The predicted octanol–water partition coefficient (Wildman–Crippen LogP) is 3.94. The van der Waals surface area contributed by atoms with E-state index in [1.807, 2.05) is 32.0 Å². The van der Waals surface area contributed by atoms with Gasteiger partial charge >= 0.3 is 0 Å². The number of nitrogens with zero attached hydrogens (tertiary/aromatic N) is 2. The van der Waals surface area contributed by atoms with Crippen LogP contribution < -0.4 is 14.8 Å². The highest BCUT2D eigenvalue weighted by molar-refractivity contribution is 7.15. The van der Waals surface area contributed by atoms with Crippen LogP contribution in [-0.2, 0) is 11.2 Å². The second-order valence-electron chi connectivity index (χ2n) is 5.65. The number of methoxy groups -OCH3 is 1. The average Bonchev–Trinajstić information content (AvgIpc) is 3.00. The molecular formula is C18H23N3O3S. The van der Waals surface area contributed by atoms with Crippen molar-refractivity contribution < 1.29 is 14.3 Å². The van der Waals surface area contributed by atoms with Crippen molar-refractivity contribution in [1.29, 1.82) is 0 Å². The number of benzene rings is 1. The van der Waals surface area contributed by atoms with E-state index in [-0.39, 0.29) is 12.0 Å². The molecule has 0 radical (unpaired) electrons. The van der Waals surface area contributed by atoms with Crippen molar-refractivity contribution in [2.24, 2.45) is 0 Å². The van der Waals surface area contributed by atoms with E-state index in [4.69, 9.17) is 9.47 Å². The van der Waals surface area contributed by atoms with Gasteiger partial charge in [0.1, 0.15) is 5.01 Å². The molecule has 2 aromatic rings. The van der Waals surface area contributed by atoms with E-state index in [9.17, 15) is 4.79 Å². The first kappa shape index (κ1) is 18.9. The van der Waals surface area contributed by atoms with E-state index >= 15 is 0 Å². The summed E-state index contributed by atoms with van der Waals surface area (Å²) in [5.74, 6) is 1.06. The molecule has 1 heterocycles. The molecule has 0 saturated heterocycles. The Hall–Kier alpha value is -2.41. The predicted molar refractivity (Wildman–Crippen MR) is 100 cm³/mol. The van der Waals surface area contributed by atoms with Gasteiger partial charge in [-0.3, -0.25) is 10.1 Å². The van der Waals surface area contributed by atoms with Gasteiger partial charge in [-0.05, 0) is 44.0 Å². The van der Waals surface area contributed by atoms with Gasteiger partial charge in [0, 0.05) is 12.5 Å². The van der Waals surface area contributed by atoms with Crippen molar-refractivity contribution in [2.45, 2.75) is 39.7 Å². The van der Waals surface area contributed by atoms with Crippen LogP contribution in [0.5, 0.6) is 11.5 Å². The Bertz CT molecular complexity index is 741. The maximum Gasteiger partial charge on any atom is 0.250 e. The average molecular weight is 361 g/mol. The Balaban J connectivity index is 2.01. The van der Waals surface area contributed by atoms with Crippen molar-refractivity contribution >= 4 is 28.5 Å². The normalized spacial score (nSPS) is 11.1. The summed E-state index contributed by atoms with van der Waals surface area (Å²) in [4.78, 5) is 12.0. The summed E-state index contributed by atoms with van der Waals surface area (Å²) < 4.78 is 11.0. The standard InChI is InChI=1S/C18H23N3O3S/c1-5-6-17-20-21-18(25-17)19-16(22)10-8-13-7-9-14(24-12(2)3)15(11-13)23-4/h7-12H,5-6H2,1-4H3,(H,19,21,22)/b10-8+. The molecule has 134 valence electrons. The molecule has 0 spiro atoms. The summed E-state index contributed by atoms with van der Waals surface area (Å²) in [6.07, 6.45) is 5.10. The third-order valence-electron chi connectivity index (χ3n) is 3.14. The van der Waals surface area contributed by atoms with Crippen molar-refractivity contribution in [1.82, 2.24) is 10.2 Å². The van der Waals surface area contributed by atoms with E-state index in [2.05, 4.69) is 22.4 Å². The van der Waals surface area contributed by atoms with Crippen LogP contribution in [-0.4, -0.2) is 29.3 Å². The molecular weight excluding hydrogens is 338 g/mol. The molecule has 0 aliphatic heterocycles. The van der Waals surface area contributed by atoms with Crippen LogP contribution in [0.4, 0.5) is 5.13 Å². The molecule has 0 atom stereocenters. The van der Waals surface area contributed by atoms with Crippen molar-refractivity contribution in [3.8, 4) is 11.5 Å². The lowest BCUT2D eigenvalue weighted by Crippen LogP contribution is -2.07. The quantitative estimate of drug-likeness (QED) is 0.721. The number of carbonyl (C=O) groups is 1. The number of aromatic nitrogens is 2. The zero-order valence-electron chi connectivity index (χ0n) is 14.9. The molecule has 25 heavy (non-hydrogen) atoms. The van der Waals surface area contributed by atoms with Gasteiger partial charge in [0.25, 0.3) is 0 Å². The van der Waals surface area contributed by atoms with E-state index in [0.29, 0.717) is 16.6 Å². The summed E-state index contributed by atoms with van der Waals surface area (Å²) in [6, 6.07) is 5.53. The molecule has 0 bridgehead atoms. The van der Waals surface area contributed by atoms with Gasteiger partial charge in [-0.25, -0.2) is 0 Å². The summed E-state index contributed by atoms with van der Waals surface area (Å²) >= 11 is 1.40. The molecule has 0 aliphatic carbocycles. The zero-order valence-corrected chi connectivity index (χ0v) is 15.7. The van der Waals surface area contributed by atoms with Gasteiger partial charge in [-0.2, -0.15) is 0 Å². The van der Waals surface area contributed by atoms with Gasteiger partial charge in [-0.1, -0.05) is 24.3 Å². The van der Waals surface area contributed by atoms with E-state index in [1.165, 1.54) is 17.4 Å². The van der Waals surface area contributed by atoms with Gasteiger partial charge in [0.05, 0.1) is 13.2 Å². The van der Waals surface area contributed by atoms with E-state index < -0.39 is 0 Å². The number of anilines is 1. The molecule has 7 heteroatoms. The van der Waals surface area contributed by atoms with Gasteiger partial charge < -0.3 is 9.47 Å².